The number of likely N-dealkylation sites (tertiary alicyclic amines) is 1. The van der Waals surface area contributed by atoms with Gasteiger partial charge in [0.05, 0.1) is 6.20 Å². The first-order valence-corrected chi connectivity index (χ1v) is 6.77. The topological polar surface area (TPSA) is 87.5 Å². The fourth-order valence-electron chi connectivity index (χ4n) is 2.53. The molecule has 2 rings (SSSR count). The molecule has 1 fully saturated rings. The normalized spacial score (nSPS) is 17.8. The zero-order valence-corrected chi connectivity index (χ0v) is 11.8. The third kappa shape index (κ3) is 2.48. The monoisotopic (exact) mass is 280 g/mol. The summed E-state index contributed by atoms with van der Waals surface area (Å²) in [6.45, 7) is 5.13. The number of hydrogen-bond donors (Lipinski definition) is 2. The molecule has 20 heavy (non-hydrogen) atoms. The molecule has 1 saturated heterocycles. The largest absolute Gasteiger partial charge is 0.479 e. The third-order valence-corrected chi connectivity index (χ3v) is 3.75. The number of carbonyl (C=O) groups excluding carboxylic acids is 1. The van der Waals surface area contributed by atoms with Gasteiger partial charge in [-0.15, -0.1) is 0 Å². The summed E-state index contributed by atoms with van der Waals surface area (Å²) in [5.74, 6) is -0.892. The van der Waals surface area contributed by atoms with E-state index in [0.29, 0.717) is 32.5 Å². The van der Waals surface area contributed by atoms with Crippen LogP contribution in [0, 0.1) is 6.92 Å². The van der Waals surface area contributed by atoms with Gasteiger partial charge >= 0.3 is 12.0 Å². The predicted octanol–water partition coefficient (Wildman–Crippen LogP) is 0.797. The lowest BCUT2D eigenvalue weighted by molar-refractivity contribution is -0.150. The molecule has 1 aromatic rings. The molecule has 2 amide bonds. The molecule has 1 aliphatic rings. The van der Waals surface area contributed by atoms with Crippen molar-refractivity contribution in [2.75, 3.05) is 19.6 Å². The van der Waals surface area contributed by atoms with Crippen molar-refractivity contribution < 1.29 is 14.7 Å². The summed E-state index contributed by atoms with van der Waals surface area (Å²) in [5.41, 5.74) is -0.117. The molecule has 7 nitrogen and oxygen atoms in total. The summed E-state index contributed by atoms with van der Waals surface area (Å²) in [6, 6.07) is -0.136. The second kappa shape index (κ2) is 5.52. The second-order valence-corrected chi connectivity index (χ2v) is 5.12. The second-order valence-electron chi connectivity index (χ2n) is 5.12. The average molecular weight is 280 g/mol. The number of nitrogens with one attached hydrogen (secondary N) is 1. The van der Waals surface area contributed by atoms with E-state index < -0.39 is 11.5 Å². The number of rotatable bonds is 3. The van der Waals surface area contributed by atoms with Crippen LogP contribution in [0.3, 0.4) is 0 Å². The highest BCUT2D eigenvalue weighted by atomic mass is 16.4. The maximum Gasteiger partial charge on any atom is 0.331 e. The molecular weight excluding hydrogens is 260 g/mol. The fraction of sp³-hybridized carbons (Fsp3) is 0.615. The minimum absolute atomic E-state index is 0.136. The molecule has 0 saturated carbocycles. The Bertz CT molecular complexity index is 503. The van der Waals surface area contributed by atoms with Gasteiger partial charge in [0.2, 0.25) is 0 Å². The van der Waals surface area contributed by atoms with E-state index in [9.17, 15) is 14.7 Å². The third-order valence-electron chi connectivity index (χ3n) is 3.75. The molecular formula is C13H20N4O3. The average Bonchev–Trinajstić information content (AvgIpc) is 2.86. The van der Waals surface area contributed by atoms with Crippen molar-refractivity contribution in [2.45, 2.75) is 32.2 Å². The summed E-state index contributed by atoms with van der Waals surface area (Å²) >= 11 is 0. The first-order chi connectivity index (χ1) is 9.49. The molecule has 2 heterocycles. The van der Waals surface area contributed by atoms with Gasteiger partial charge in [0.15, 0.2) is 5.54 Å². The minimum atomic E-state index is -1.04. The molecule has 7 heteroatoms. The quantitative estimate of drug-likeness (QED) is 0.857. The van der Waals surface area contributed by atoms with Gasteiger partial charge in [-0.05, 0) is 19.4 Å². The molecule has 0 aliphatic carbocycles. The van der Waals surface area contributed by atoms with Gasteiger partial charge in [-0.25, -0.2) is 9.59 Å². The van der Waals surface area contributed by atoms with Crippen molar-refractivity contribution in [3.63, 3.8) is 0 Å². The maximum atomic E-state index is 11.8. The van der Waals surface area contributed by atoms with Crippen LogP contribution in [0.15, 0.2) is 12.4 Å². The number of amides is 2. The molecule has 1 aliphatic heterocycles. The molecule has 0 spiro atoms. The number of aromatic nitrogens is 2. The predicted molar refractivity (Wildman–Crippen MR) is 72.5 cm³/mol. The Morgan fingerprint density at radius 1 is 1.45 bits per heavy atom. The van der Waals surface area contributed by atoms with Gasteiger partial charge in [-0.2, -0.15) is 5.10 Å². The van der Waals surface area contributed by atoms with Crippen LogP contribution in [0.5, 0.6) is 0 Å². The fourth-order valence-corrected chi connectivity index (χ4v) is 2.53. The Kier molecular flexibility index (Phi) is 3.96. The van der Waals surface area contributed by atoms with Gasteiger partial charge in [-0.3, -0.25) is 4.68 Å². The minimum Gasteiger partial charge on any atom is -0.479 e. The standard InChI is InChI=1S/C13H20N4O3/c1-3-14-12(20)16-6-4-13(5-7-16,11(18)19)17-9-10(2)8-15-17/h8-9H,3-7H2,1-2H3,(H,14,20)(H,18,19). The van der Waals surface area contributed by atoms with E-state index in [4.69, 9.17) is 0 Å². The van der Waals surface area contributed by atoms with Crippen molar-refractivity contribution in [1.82, 2.24) is 20.0 Å². The number of aryl methyl sites for hydroxylation is 1. The van der Waals surface area contributed by atoms with Crippen LogP contribution in [0.1, 0.15) is 25.3 Å². The number of carbonyl (C=O) groups is 2. The Morgan fingerprint density at radius 2 is 2.10 bits per heavy atom. The molecule has 0 radical (unpaired) electrons. The Morgan fingerprint density at radius 3 is 2.55 bits per heavy atom. The number of urea groups is 1. The first-order valence-electron chi connectivity index (χ1n) is 6.77. The highest BCUT2D eigenvalue weighted by Gasteiger charge is 2.44. The van der Waals surface area contributed by atoms with Crippen LogP contribution in [0.2, 0.25) is 0 Å². The van der Waals surface area contributed by atoms with Crippen LogP contribution in [0.4, 0.5) is 4.79 Å². The van der Waals surface area contributed by atoms with Gasteiger partial charge in [0.25, 0.3) is 0 Å². The number of aliphatic carboxylic acids is 1. The smallest absolute Gasteiger partial charge is 0.331 e. The Hall–Kier alpha value is -2.05. The van der Waals surface area contributed by atoms with Gasteiger partial charge < -0.3 is 15.3 Å². The number of nitrogens with zero attached hydrogens (tertiary/aromatic N) is 3. The number of piperidine rings is 1. The van der Waals surface area contributed by atoms with Crippen molar-refractivity contribution in [3.8, 4) is 0 Å². The first kappa shape index (κ1) is 14.4. The van der Waals surface area contributed by atoms with E-state index in [2.05, 4.69) is 10.4 Å². The summed E-state index contributed by atoms with van der Waals surface area (Å²) in [5, 5.41) is 16.5. The van der Waals surface area contributed by atoms with Crippen molar-refractivity contribution >= 4 is 12.0 Å². The van der Waals surface area contributed by atoms with Crippen molar-refractivity contribution in [2.24, 2.45) is 0 Å². The number of hydrogen-bond acceptors (Lipinski definition) is 3. The van der Waals surface area contributed by atoms with E-state index in [0.717, 1.165) is 5.56 Å². The summed E-state index contributed by atoms with van der Waals surface area (Å²) in [6.07, 6.45) is 4.12. The van der Waals surface area contributed by atoms with Crippen LogP contribution in [-0.4, -0.2) is 51.4 Å². The molecule has 0 aromatic carbocycles. The Balaban J connectivity index is 2.15. The molecule has 2 N–H and O–H groups in total. The summed E-state index contributed by atoms with van der Waals surface area (Å²) < 4.78 is 1.53. The van der Waals surface area contributed by atoms with Gasteiger partial charge in [-0.1, -0.05) is 0 Å². The molecule has 0 bridgehead atoms. The van der Waals surface area contributed by atoms with Gasteiger partial charge in [0.1, 0.15) is 0 Å². The summed E-state index contributed by atoms with van der Waals surface area (Å²) in [7, 11) is 0. The lowest BCUT2D eigenvalue weighted by Crippen LogP contribution is -2.54. The van der Waals surface area contributed by atoms with Crippen LogP contribution in [-0.2, 0) is 10.3 Å². The number of carboxylic acids is 1. The van der Waals surface area contributed by atoms with Crippen LogP contribution < -0.4 is 5.32 Å². The molecule has 0 atom stereocenters. The molecule has 1 aromatic heterocycles. The molecule has 110 valence electrons. The van der Waals surface area contributed by atoms with E-state index in [1.807, 2.05) is 13.8 Å². The lowest BCUT2D eigenvalue weighted by Gasteiger charge is -2.38. The zero-order chi connectivity index (χ0) is 14.8. The maximum absolute atomic E-state index is 11.8. The summed E-state index contributed by atoms with van der Waals surface area (Å²) in [4.78, 5) is 25.1. The number of carboxylic acid groups (broad SMARTS) is 1. The van der Waals surface area contributed by atoms with E-state index in [1.54, 1.807) is 17.3 Å². The SMILES string of the molecule is CCNC(=O)N1CCC(C(=O)O)(n2cc(C)cn2)CC1. The van der Waals surface area contributed by atoms with Crippen LogP contribution >= 0.6 is 0 Å². The van der Waals surface area contributed by atoms with Crippen LogP contribution in [0.25, 0.3) is 0 Å². The van der Waals surface area contributed by atoms with E-state index in [-0.39, 0.29) is 6.03 Å². The highest BCUT2D eigenvalue weighted by Crippen LogP contribution is 2.30. The van der Waals surface area contributed by atoms with Gasteiger partial charge in [0, 0.05) is 38.7 Å². The lowest BCUT2D eigenvalue weighted by atomic mass is 9.87. The van der Waals surface area contributed by atoms with E-state index in [1.165, 1.54) is 4.68 Å². The van der Waals surface area contributed by atoms with E-state index >= 15 is 0 Å². The zero-order valence-electron chi connectivity index (χ0n) is 11.8. The van der Waals surface area contributed by atoms with Crippen molar-refractivity contribution in [1.29, 1.82) is 0 Å². The molecule has 0 unspecified atom stereocenters. The Labute approximate surface area is 117 Å². The highest BCUT2D eigenvalue weighted by molar-refractivity contribution is 5.78. The van der Waals surface area contributed by atoms with Crippen molar-refractivity contribution in [3.05, 3.63) is 18.0 Å².